The molecule has 0 aliphatic heterocycles. The predicted octanol–water partition coefficient (Wildman–Crippen LogP) is 4.84. The molecule has 1 heteroatoms. The van der Waals surface area contributed by atoms with Gasteiger partial charge in [-0.05, 0) is 55.5 Å². The highest BCUT2D eigenvalue weighted by atomic mass is 14.9. The van der Waals surface area contributed by atoms with E-state index in [1.807, 2.05) is 0 Å². The molecule has 0 bridgehead atoms. The van der Waals surface area contributed by atoms with Gasteiger partial charge in [0.2, 0.25) is 0 Å². The van der Waals surface area contributed by atoms with E-state index in [2.05, 4.69) is 74.6 Å². The van der Waals surface area contributed by atoms with Crippen LogP contribution in [0.3, 0.4) is 0 Å². The molecule has 1 unspecified atom stereocenters. The molecule has 0 fully saturated rings. The lowest BCUT2D eigenvalue weighted by Gasteiger charge is -2.15. The zero-order valence-electron chi connectivity index (χ0n) is 13.5. The maximum absolute atomic E-state index is 3.63. The van der Waals surface area contributed by atoms with Crippen LogP contribution in [0.4, 0.5) is 0 Å². The van der Waals surface area contributed by atoms with Gasteiger partial charge in [0.1, 0.15) is 0 Å². The second-order valence-electron chi connectivity index (χ2n) is 5.84. The second-order valence-corrected chi connectivity index (χ2v) is 5.84. The van der Waals surface area contributed by atoms with Gasteiger partial charge in [0.15, 0.2) is 0 Å². The van der Waals surface area contributed by atoms with Crippen molar-refractivity contribution in [2.45, 2.75) is 46.1 Å². The Morgan fingerprint density at radius 1 is 0.952 bits per heavy atom. The fourth-order valence-corrected chi connectivity index (χ4v) is 2.69. The van der Waals surface area contributed by atoms with Crippen molar-refractivity contribution < 1.29 is 0 Å². The molecule has 0 aliphatic rings. The minimum absolute atomic E-state index is 0.407. The Kier molecular flexibility index (Phi) is 6.01. The van der Waals surface area contributed by atoms with E-state index in [9.17, 15) is 0 Å². The average Bonchev–Trinajstić information content (AvgIpc) is 2.50. The minimum Gasteiger partial charge on any atom is -0.310 e. The molecule has 0 saturated carbocycles. The third-order valence-electron chi connectivity index (χ3n) is 4.12. The molecular formula is C20H27N. The third-order valence-corrected chi connectivity index (χ3v) is 4.12. The fraction of sp³-hybridized carbons (Fsp3) is 0.400. The number of benzene rings is 2. The number of rotatable bonds is 7. The highest BCUT2D eigenvalue weighted by Gasteiger charge is 2.05. The van der Waals surface area contributed by atoms with Crippen LogP contribution in [0.5, 0.6) is 0 Å². The van der Waals surface area contributed by atoms with E-state index in [1.165, 1.54) is 35.1 Å². The molecule has 2 rings (SSSR count). The van der Waals surface area contributed by atoms with E-state index in [0.29, 0.717) is 6.04 Å². The smallest absolute Gasteiger partial charge is 0.0291 e. The Balaban J connectivity index is 1.84. The van der Waals surface area contributed by atoms with Crippen LogP contribution in [0, 0.1) is 6.92 Å². The molecule has 0 aliphatic carbocycles. The van der Waals surface area contributed by atoms with Crippen molar-refractivity contribution in [1.29, 1.82) is 0 Å². The SMILES string of the molecule is CCCc1ccc(C(C)NCCc2ccccc2C)cc1. The minimum atomic E-state index is 0.407. The molecule has 0 heterocycles. The topological polar surface area (TPSA) is 12.0 Å². The van der Waals surface area contributed by atoms with E-state index in [-0.39, 0.29) is 0 Å². The van der Waals surface area contributed by atoms with Crippen molar-refractivity contribution in [1.82, 2.24) is 5.32 Å². The Morgan fingerprint density at radius 2 is 1.67 bits per heavy atom. The first kappa shape index (κ1) is 15.8. The van der Waals surface area contributed by atoms with Gasteiger partial charge in [-0.1, -0.05) is 61.9 Å². The van der Waals surface area contributed by atoms with E-state index in [4.69, 9.17) is 0 Å². The summed E-state index contributed by atoms with van der Waals surface area (Å²) in [6.45, 7) is 7.67. The molecule has 21 heavy (non-hydrogen) atoms. The van der Waals surface area contributed by atoms with Crippen LogP contribution in [0.1, 0.15) is 48.6 Å². The molecule has 2 aromatic carbocycles. The van der Waals surface area contributed by atoms with Crippen LogP contribution < -0.4 is 5.32 Å². The maximum Gasteiger partial charge on any atom is 0.0291 e. The Bertz CT molecular complexity index is 542. The predicted molar refractivity (Wildman–Crippen MR) is 91.7 cm³/mol. The first-order chi connectivity index (χ1) is 10.2. The summed E-state index contributed by atoms with van der Waals surface area (Å²) in [4.78, 5) is 0. The van der Waals surface area contributed by atoms with E-state index in [0.717, 1.165) is 13.0 Å². The van der Waals surface area contributed by atoms with Gasteiger partial charge in [0, 0.05) is 6.04 Å². The zero-order valence-corrected chi connectivity index (χ0v) is 13.5. The van der Waals surface area contributed by atoms with Gasteiger partial charge < -0.3 is 5.32 Å². The van der Waals surface area contributed by atoms with Crippen LogP contribution >= 0.6 is 0 Å². The van der Waals surface area contributed by atoms with E-state index < -0.39 is 0 Å². The summed E-state index contributed by atoms with van der Waals surface area (Å²) in [6.07, 6.45) is 3.48. The van der Waals surface area contributed by atoms with Crippen molar-refractivity contribution in [2.75, 3.05) is 6.54 Å². The van der Waals surface area contributed by atoms with E-state index >= 15 is 0 Å². The molecule has 0 spiro atoms. The van der Waals surface area contributed by atoms with Gasteiger partial charge in [-0.25, -0.2) is 0 Å². The van der Waals surface area contributed by atoms with Crippen LogP contribution in [-0.2, 0) is 12.8 Å². The number of hydrogen-bond donors (Lipinski definition) is 1. The first-order valence-electron chi connectivity index (χ1n) is 8.07. The molecule has 112 valence electrons. The van der Waals surface area contributed by atoms with Gasteiger partial charge >= 0.3 is 0 Å². The van der Waals surface area contributed by atoms with Crippen molar-refractivity contribution in [3.05, 3.63) is 70.8 Å². The lowest BCUT2D eigenvalue weighted by atomic mass is 10.0. The van der Waals surface area contributed by atoms with E-state index in [1.54, 1.807) is 0 Å². The number of nitrogens with one attached hydrogen (secondary N) is 1. The first-order valence-corrected chi connectivity index (χ1v) is 8.07. The summed E-state index contributed by atoms with van der Waals surface area (Å²) in [5.74, 6) is 0. The van der Waals surface area contributed by atoms with Crippen molar-refractivity contribution >= 4 is 0 Å². The molecule has 0 aromatic heterocycles. The molecule has 0 saturated heterocycles. The van der Waals surface area contributed by atoms with Crippen molar-refractivity contribution in [3.8, 4) is 0 Å². The largest absolute Gasteiger partial charge is 0.310 e. The fourth-order valence-electron chi connectivity index (χ4n) is 2.69. The Labute approximate surface area is 129 Å². The van der Waals surface area contributed by atoms with Crippen LogP contribution in [0.15, 0.2) is 48.5 Å². The quantitative estimate of drug-likeness (QED) is 0.765. The third kappa shape index (κ3) is 4.71. The Hall–Kier alpha value is -1.60. The number of aryl methyl sites for hydroxylation is 2. The lowest BCUT2D eigenvalue weighted by Crippen LogP contribution is -2.21. The van der Waals surface area contributed by atoms with Gasteiger partial charge in [-0.2, -0.15) is 0 Å². The summed E-state index contributed by atoms with van der Waals surface area (Å²) in [7, 11) is 0. The standard InChI is InChI=1S/C20H27N/c1-4-7-18-10-12-20(13-11-18)17(3)21-15-14-19-9-6-5-8-16(19)2/h5-6,8-13,17,21H,4,7,14-15H2,1-3H3. The van der Waals surface area contributed by atoms with Crippen LogP contribution in [-0.4, -0.2) is 6.54 Å². The average molecular weight is 281 g/mol. The lowest BCUT2D eigenvalue weighted by molar-refractivity contribution is 0.576. The highest BCUT2D eigenvalue weighted by Crippen LogP contribution is 2.15. The summed E-state index contributed by atoms with van der Waals surface area (Å²) in [5, 5.41) is 3.63. The molecule has 0 amide bonds. The maximum atomic E-state index is 3.63. The van der Waals surface area contributed by atoms with Crippen molar-refractivity contribution in [3.63, 3.8) is 0 Å². The van der Waals surface area contributed by atoms with Crippen LogP contribution in [0.25, 0.3) is 0 Å². The van der Waals surface area contributed by atoms with Gasteiger partial charge in [-0.3, -0.25) is 0 Å². The molecule has 1 N–H and O–H groups in total. The summed E-state index contributed by atoms with van der Waals surface area (Å²) < 4.78 is 0. The molecular weight excluding hydrogens is 254 g/mol. The van der Waals surface area contributed by atoms with Gasteiger partial charge in [0.05, 0.1) is 0 Å². The van der Waals surface area contributed by atoms with Crippen molar-refractivity contribution in [2.24, 2.45) is 0 Å². The number of hydrogen-bond acceptors (Lipinski definition) is 1. The molecule has 1 nitrogen and oxygen atoms in total. The zero-order chi connectivity index (χ0) is 15.1. The molecule has 1 atom stereocenters. The van der Waals surface area contributed by atoms with Crippen LogP contribution in [0.2, 0.25) is 0 Å². The molecule has 2 aromatic rings. The Morgan fingerprint density at radius 3 is 2.33 bits per heavy atom. The highest BCUT2D eigenvalue weighted by molar-refractivity contribution is 5.26. The summed E-state index contributed by atoms with van der Waals surface area (Å²) in [6, 6.07) is 18.1. The second kappa shape index (κ2) is 7.99. The van der Waals surface area contributed by atoms with Gasteiger partial charge in [0.25, 0.3) is 0 Å². The normalized spacial score (nSPS) is 12.3. The molecule has 0 radical (unpaired) electrons. The summed E-state index contributed by atoms with van der Waals surface area (Å²) >= 11 is 0. The summed E-state index contributed by atoms with van der Waals surface area (Å²) in [5.41, 5.74) is 5.64. The monoisotopic (exact) mass is 281 g/mol. The van der Waals surface area contributed by atoms with Gasteiger partial charge in [-0.15, -0.1) is 0 Å².